The van der Waals surface area contributed by atoms with Crippen LogP contribution < -0.4 is 5.30 Å². The SMILES string of the molecule is CCC(C)(CC)CC(C)(COCc1c(C)cc(C)c(C(=O)P(=O)(C(=O)c2c(C)cc(C)cc2C)c2ccccc2)c1C)C(C)(CC)CC. The van der Waals surface area contributed by atoms with Gasteiger partial charge in [0.15, 0.2) is 0 Å². The lowest BCUT2D eigenvalue weighted by atomic mass is 9.56. The summed E-state index contributed by atoms with van der Waals surface area (Å²) in [4.78, 5) is 29.3. The average Bonchev–Trinajstić information content (AvgIpc) is 3.04. The van der Waals surface area contributed by atoms with Crippen molar-refractivity contribution in [2.24, 2.45) is 16.2 Å². The summed E-state index contributed by atoms with van der Waals surface area (Å²) in [6, 6.07) is 14.4. The molecule has 48 heavy (non-hydrogen) atoms. The maximum atomic E-state index is 15.3. The zero-order chi connectivity index (χ0) is 36.2. The van der Waals surface area contributed by atoms with Crippen molar-refractivity contribution in [3.8, 4) is 0 Å². The van der Waals surface area contributed by atoms with E-state index >= 15 is 4.57 Å². The molecule has 2 unspecified atom stereocenters. The summed E-state index contributed by atoms with van der Waals surface area (Å²) in [6.45, 7) is 28.8. The topological polar surface area (TPSA) is 60.4 Å². The average molecular weight is 673 g/mol. The molecular weight excluding hydrogens is 611 g/mol. The first-order chi connectivity index (χ1) is 22.4. The number of carbonyl (C=O) groups is 2. The normalized spacial score (nSPS) is 14.8. The second kappa shape index (κ2) is 15.4. The fourth-order valence-electron chi connectivity index (χ4n) is 7.94. The first kappa shape index (κ1) is 39.6. The number of benzene rings is 3. The summed E-state index contributed by atoms with van der Waals surface area (Å²) in [5.74, 6) is 0. The zero-order valence-corrected chi connectivity index (χ0v) is 33.0. The minimum atomic E-state index is -4.29. The van der Waals surface area contributed by atoms with Crippen molar-refractivity contribution in [1.29, 1.82) is 0 Å². The third-order valence-corrected chi connectivity index (χ3v) is 14.8. The van der Waals surface area contributed by atoms with Crippen LogP contribution in [0, 0.1) is 57.8 Å². The Bertz CT molecular complexity index is 1650. The summed E-state index contributed by atoms with van der Waals surface area (Å²) < 4.78 is 22.0. The molecule has 0 aromatic heterocycles. The molecule has 0 radical (unpaired) electrons. The van der Waals surface area contributed by atoms with Crippen LogP contribution in [0.2, 0.25) is 0 Å². The molecule has 0 saturated heterocycles. The molecule has 2 atom stereocenters. The minimum Gasteiger partial charge on any atom is -0.376 e. The van der Waals surface area contributed by atoms with Crippen molar-refractivity contribution in [3.63, 3.8) is 0 Å². The van der Waals surface area contributed by atoms with Crippen molar-refractivity contribution in [3.05, 3.63) is 98.6 Å². The van der Waals surface area contributed by atoms with Crippen LogP contribution in [-0.2, 0) is 15.9 Å². The molecule has 3 aromatic rings. The molecule has 4 nitrogen and oxygen atoms in total. The van der Waals surface area contributed by atoms with E-state index < -0.39 is 18.2 Å². The highest BCUT2D eigenvalue weighted by molar-refractivity contribution is 8.01. The van der Waals surface area contributed by atoms with Crippen LogP contribution in [0.25, 0.3) is 0 Å². The van der Waals surface area contributed by atoms with E-state index in [0.29, 0.717) is 24.3 Å². The highest BCUT2D eigenvalue weighted by Gasteiger charge is 2.47. The Labute approximate surface area is 291 Å². The number of aryl methyl sites for hydroxylation is 5. The van der Waals surface area contributed by atoms with Gasteiger partial charge in [0, 0.05) is 16.4 Å². The number of rotatable bonds is 16. The highest BCUT2D eigenvalue weighted by Crippen LogP contribution is 2.54. The number of hydrogen-bond acceptors (Lipinski definition) is 4. The summed E-state index contributed by atoms with van der Waals surface area (Å²) in [6.07, 6.45) is 5.44. The van der Waals surface area contributed by atoms with Gasteiger partial charge in [0.05, 0.1) is 13.2 Å². The van der Waals surface area contributed by atoms with E-state index in [9.17, 15) is 9.59 Å². The maximum Gasteiger partial charge on any atom is 0.248 e. The van der Waals surface area contributed by atoms with Crippen molar-refractivity contribution < 1.29 is 18.9 Å². The molecule has 0 heterocycles. The molecule has 0 bridgehead atoms. The summed E-state index contributed by atoms with van der Waals surface area (Å²) in [5.41, 5.74) is 5.66. The molecule has 0 spiro atoms. The van der Waals surface area contributed by atoms with Crippen LogP contribution in [-0.4, -0.2) is 17.7 Å². The third kappa shape index (κ3) is 7.51. The monoisotopic (exact) mass is 672 g/mol. The lowest BCUT2D eigenvalue weighted by molar-refractivity contribution is -0.0695. The molecule has 0 N–H and O–H groups in total. The molecule has 0 aliphatic carbocycles. The van der Waals surface area contributed by atoms with E-state index in [2.05, 4.69) is 48.5 Å². The van der Waals surface area contributed by atoms with Crippen molar-refractivity contribution >= 4 is 23.5 Å². The van der Waals surface area contributed by atoms with Gasteiger partial charge in [0.25, 0.3) is 0 Å². The molecule has 0 saturated carbocycles. The smallest absolute Gasteiger partial charge is 0.248 e. The van der Waals surface area contributed by atoms with Crippen LogP contribution in [0.4, 0.5) is 0 Å². The number of hydrogen-bond donors (Lipinski definition) is 0. The van der Waals surface area contributed by atoms with Crippen molar-refractivity contribution in [2.45, 2.75) is 129 Å². The molecule has 0 fully saturated rings. The van der Waals surface area contributed by atoms with Gasteiger partial charge in [-0.2, -0.15) is 0 Å². The van der Waals surface area contributed by atoms with Gasteiger partial charge >= 0.3 is 0 Å². The fraction of sp³-hybridized carbons (Fsp3) is 0.535. The van der Waals surface area contributed by atoms with Crippen LogP contribution in [0.3, 0.4) is 0 Å². The predicted molar refractivity (Wildman–Crippen MR) is 203 cm³/mol. The molecule has 0 amide bonds. The highest BCUT2D eigenvalue weighted by atomic mass is 31.2. The molecule has 0 aliphatic rings. The Balaban J connectivity index is 2.12. The van der Waals surface area contributed by atoms with E-state index in [0.717, 1.165) is 71.0 Å². The van der Waals surface area contributed by atoms with Gasteiger partial charge in [-0.3, -0.25) is 9.59 Å². The van der Waals surface area contributed by atoms with E-state index in [1.165, 1.54) is 0 Å². The van der Waals surface area contributed by atoms with Gasteiger partial charge in [-0.05, 0) is 97.6 Å². The lowest BCUT2D eigenvalue weighted by Gasteiger charge is -2.50. The second-order valence-electron chi connectivity index (χ2n) is 15.3. The van der Waals surface area contributed by atoms with Gasteiger partial charge in [-0.15, -0.1) is 0 Å². The minimum absolute atomic E-state index is 0.0540. The summed E-state index contributed by atoms with van der Waals surface area (Å²) in [5, 5.41) is 0.264. The van der Waals surface area contributed by atoms with Crippen LogP contribution in [0.15, 0.2) is 48.5 Å². The molecule has 5 heteroatoms. The van der Waals surface area contributed by atoms with E-state index in [1.807, 2.05) is 65.8 Å². The maximum absolute atomic E-state index is 15.3. The van der Waals surface area contributed by atoms with E-state index in [1.54, 1.807) is 24.3 Å². The second-order valence-corrected chi connectivity index (χ2v) is 17.9. The Kier molecular flexibility index (Phi) is 12.7. The largest absolute Gasteiger partial charge is 0.376 e. The summed E-state index contributed by atoms with van der Waals surface area (Å²) >= 11 is 0. The first-order valence-corrected chi connectivity index (χ1v) is 19.6. The molecule has 262 valence electrons. The predicted octanol–water partition coefficient (Wildman–Crippen LogP) is 11.8. The fourth-order valence-corrected chi connectivity index (χ4v) is 10.5. The molecule has 3 aromatic carbocycles. The van der Waals surface area contributed by atoms with Crippen LogP contribution in [0.5, 0.6) is 0 Å². The Morgan fingerprint density at radius 2 is 1.17 bits per heavy atom. The van der Waals surface area contributed by atoms with Crippen molar-refractivity contribution in [1.82, 2.24) is 0 Å². The lowest BCUT2D eigenvalue weighted by Crippen LogP contribution is -2.44. The van der Waals surface area contributed by atoms with E-state index in [-0.39, 0.29) is 21.5 Å². The van der Waals surface area contributed by atoms with E-state index in [4.69, 9.17) is 4.74 Å². The standard InChI is InChI=1S/C43H61O4P/c1-14-41(11,15-2)27-43(13,42(12,16-3)17-4)28-47-26-36-30(6)25-33(9)38(34(36)10)40(45)48(46,35-21-19-18-20-22-35)39(44)37-31(7)23-29(5)24-32(37)8/h18-25H,14-17,26-28H2,1-13H3. The van der Waals surface area contributed by atoms with Gasteiger partial charge in [-0.1, -0.05) is 128 Å². The quantitative estimate of drug-likeness (QED) is 0.142. The zero-order valence-electron chi connectivity index (χ0n) is 32.1. The molecule has 3 rings (SSSR count). The first-order valence-electron chi connectivity index (χ1n) is 17.9. The van der Waals surface area contributed by atoms with Crippen molar-refractivity contribution in [2.75, 3.05) is 6.61 Å². The number of ether oxygens (including phenoxy) is 1. The van der Waals surface area contributed by atoms with Gasteiger partial charge in [0.1, 0.15) is 0 Å². The Morgan fingerprint density at radius 1 is 0.667 bits per heavy atom. The Hall–Kier alpha value is -2.81. The number of carbonyl (C=O) groups excluding carboxylic acids is 2. The third-order valence-electron chi connectivity index (χ3n) is 12.1. The van der Waals surface area contributed by atoms with Crippen LogP contribution >= 0.6 is 7.14 Å². The molecule has 0 aliphatic heterocycles. The Morgan fingerprint density at radius 3 is 1.67 bits per heavy atom. The van der Waals surface area contributed by atoms with Gasteiger partial charge < -0.3 is 9.30 Å². The van der Waals surface area contributed by atoms with Gasteiger partial charge in [-0.25, -0.2) is 0 Å². The van der Waals surface area contributed by atoms with Crippen LogP contribution in [0.1, 0.15) is 140 Å². The molecular formula is C43H61O4P. The summed E-state index contributed by atoms with van der Waals surface area (Å²) in [7, 11) is -4.29. The van der Waals surface area contributed by atoms with Gasteiger partial charge in [0.2, 0.25) is 18.2 Å².